The van der Waals surface area contributed by atoms with E-state index in [9.17, 15) is 14.7 Å². The molecule has 0 saturated heterocycles. The highest BCUT2D eigenvalue weighted by Crippen LogP contribution is 2.71. The quantitative estimate of drug-likeness (QED) is 0.685. The number of hydrogen-bond donors (Lipinski definition) is 2. The van der Waals surface area contributed by atoms with Crippen molar-refractivity contribution in [2.45, 2.75) is 98.0 Å². The Bertz CT molecular complexity index is 688. The Morgan fingerprint density at radius 2 is 1.86 bits per heavy atom. The Hall–Kier alpha value is -0.900. The standard InChI is InChI=1S/C25H40O4/c1-15(5-8-21(28)29)17-6-7-18-22-19(10-11-24(17,18)3)25(4)12-9-16(26)13-23(25,2)14-20(22)27/h15,17-20,22,27H,5-14H2,1-4H3,(H,28,29)/t15-,17-,18?,19?,20+,22+,23+,24-,25-/m1/s1. The topological polar surface area (TPSA) is 74.6 Å². The number of fused-ring (bicyclic) bond motifs is 5. The first kappa shape index (κ1) is 21.3. The van der Waals surface area contributed by atoms with Gasteiger partial charge < -0.3 is 10.2 Å². The van der Waals surface area contributed by atoms with Gasteiger partial charge in [-0.3, -0.25) is 9.59 Å². The molecule has 0 aromatic carbocycles. The Balaban J connectivity index is 1.60. The second-order valence-electron chi connectivity index (χ2n) is 11.9. The highest BCUT2D eigenvalue weighted by atomic mass is 16.4. The van der Waals surface area contributed by atoms with E-state index >= 15 is 0 Å². The molecule has 164 valence electrons. The largest absolute Gasteiger partial charge is 0.481 e. The van der Waals surface area contributed by atoms with Gasteiger partial charge in [0, 0.05) is 19.3 Å². The monoisotopic (exact) mass is 404 g/mol. The summed E-state index contributed by atoms with van der Waals surface area (Å²) in [5, 5.41) is 20.5. The van der Waals surface area contributed by atoms with Crippen molar-refractivity contribution in [1.29, 1.82) is 0 Å². The molecule has 4 saturated carbocycles. The summed E-state index contributed by atoms with van der Waals surface area (Å²) in [6, 6.07) is 0. The number of Topliss-reactive ketones (excluding diaryl/α,β-unsaturated/α-hetero) is 1. The van der Waals surface area contributed by atoms with Crippen molar-refractivity contribution in [2.75, 3.05) is 0 Å². The average molecular weight is 405 g/mol. The van der Waals surface area contributed by atoms with E-state index in [2.05, 4.69) is 27.7 Å². The minimum absolute atomic E-state index is 0.0660. The molecule has 29 heavy (non-hydrogen) atoms. The van der Waals surface area contributed by atoms with Gasteiger partial charge in [-0.2, -0.15) is 0 Å². The van der Waals surface area contributed by atoms with E-state index in [4.69, 9.17) is 5.11 Å². The van der Waals surface area contributed by atoms with Gasteiger partial charge >= 0.3 is 5.97 Å². The van der Waals surface area contributed by atoms with Crippen LogP contribution in [0, 0.1) is 45.8 Å². The molecule has 4 aliphatic rings. The van der Waals surface area contributed by atoms with Gasteiger partial charge in [0.2, 0.25) is 0 Å². The van der Waals surface area contributed by atoms with Crippen LogP contribution in [-0.4, -0.2) is 28.1 Å². The van der Waals surface area contributed by atoms with Crippen LogP contribution in [-0.2, 0) is 9.59 Å². The predicted octanol–water partition coefficient (Wildman–Crippen LogP) is 5.08. The van der Waals surface area contributed by atoms with Crippen molar-refractivity contribution in [3.8, 4) is 0 Å². The van der Waals surface area contributed by atoms with E-state index in [0.717, 1.165) is 25.7 Å². The molecule has 0 bridgehead atoms. The number of carboxylic acid groups (broad SMARTS) is 1. The molecule has 2 unspecified atom stereocenters. The SMILES string of the molecule is C[C@H](CCC(=O)O)[C@H]1CCC2[C@H]3C(CC[C@@]21C)[C@@]1(C)CCC(=O)C[C@@]1(C)C[C@@H]3O. The lowest BCUT2D eigenvalue weighted by atomic mass is 9.39. The summed E-state index contributed by atoms with van der Waals surface area (Å²) in [4.78, 5) is 23.3. The van der Waals surface area contributed by atoms with Gasteiger partial charge in [-0.1, -0.05) is 27.7 Å². The van der Waals surface area contributed by atoms with Crippen LogP contribution in [0.25, 0.3) is 0 Å². The number of hydrogen-bond acceptors (Lipinski definition) is 3. The lowest BCUT2D eigenvalue weighted by Crippen LogP contribution is -2.62. The van der Waals surface area contributed by atoms with E-state index in [0.29, 0.717) is 48.2 Å². The van der Waals surface area contributed by atoms with Crippen LogP contribution in [0.5, 0.6) is 0 Å². The number of carboxylic acids is 1. The molecule has 0 aromatic rings. The molecular weight excluding hydrogens is 364 g/mol. The van der Waals surface area contributed by atoms with Crippen LogP contribution in [0.3, 0.4) is 0 Å². The van der Waals surface area contributed by atoms with E-state index < -0.39 is 5.97 Å². The van der Waals surface area contributed by atoms with Crippen molar-refractivity contribution in [1.82, 2.24) is 0 Å². The number of carbonyl (C=O) groups excluding carboxylic acids is 1. The van der Waals surface area contributed by atoms with Crippen LogP contribution >= 0.6 is 0 Å². The van der Waals surface area contributed by atoms with Crippen molar-refractivity contribution in [3.63, 3.8) is 0 Å². The fourth-order valence-electron chi connectivity index (χ4n) is 8.96. The first-order valence-corrected chi connectivity index (χ1v) is 11.9. The number of rotatable bonds is 4. The fourth-order valence-corrected chi connectivity index (χ4v) is 8.96. The summed E-state index contributed by atoms with van der Waals surface area (Å²) in [5.74, 6) is 2.06. The Morgan fingerprint density at radius 1 is 1.14 bits per heavy atom. The van der Waals surface area contributed by atoms with Gasteiger partial charge in [0.1, 0.15) is 5.78 Å². The Labute approximate surface area is 175 Å². The third-order valence-corrected chi connectivity index (χ3v) is 10.7. The first-order valence-electron chi connectivity index (χ1n) is 11.9. The predicted molar refractivity (Wildman–Crippen MR) is 112 cm³/mol. The lowest BCUT2D eigenvalue weighted by molar-refractivity contribution is -0.198. The molecule has 0 amide bonds. The fraction of sp³-hybridized carbons (Fsp3) is 0.920. The van der Waals surface area contributed by atoms with Gasteiger partial charge in [0.25, 0.3) is 0 Å². The third-order valence-electron chi connectivity index (χ3n) is 10.7. The highest BCUT2D eigenvalue weighted by Gasteiger charge is 2.65. The second-order valence-corrected chi connectivity index (χ2v) is 11.9. The van der Waals surface area contributed by atoms with E-state index in [1.165, 1.54) is 19.3 Å². The van der Waals surface area contributed by atoms with E-state index in [1.807, 2.05) is 0 Å². The van der Waals surface area contributed by atoms with Crippen molar-refractivity contribution < 1.29 is 19.8 Å². The normalized spacial score (nSPS) is 50.4. The summed E-state index contributed by atoms with van der Waals surface area (Å²) in [6.07, 6.45) is 8.50. The molecule has 0 heterocycles. The lowest BCUT2D eigenvalue weighted by Gasteiger charge is -2.65. The molecule has 4 aliphatic carbocycles. The summed E-state index contributed by atoms with van der Waals surface area (Å²) >= 11 is 0. The van der Waals surface area contributed by atoms with Crippen LogP contribution < -0.4 is 0 Å². The zero-order valence-corrected chi connectivity index (χ0v) is 18.7. The zero-order chi connectivity index (χ0) is 21.2. The number of ketones is 1. The number of aliphatic hydroxyl groups is 1. The van der Waals surface area contributed by atoms with Gasteiger partial charge in [-0.25, -0.2) is 0 Å². The minimum atomic E-state index is -0.693. The molecule has 4 heteroatoms. The number of aliphatic hydroxyl groups excluding tert-OH is 1. The first-order chi connectivity index (χ1) is 13.5. The third kappa shape index (κ3) is 3.11. The smallest absolute Gasteiger partial charge is 0.303 e. The number of carbonyl (C=O) groups is 2. The van der Waals surface area contributed by atoms with Gasteiger partial charge in [-0.05, 0) is 90.8 Å². The maximum atomic E-state index is 12.3. The molecule has 0 radical (unpaired) electrons. The van der Waals surface area contributed by atoms with Crippen LogP contribution in [0.4, 0.5) is 0 Å². The van der Waals surface area contributed by atoms with Gasteiger partial charge in [0.15, 0.2) is 0 Å². The maximum Gasteiger partial charge on any atom is 0.303 e. The van der Waals surface area contributed by atoms with Gasteiger partial charge in [0.05, 0.1) is 6.10 Å². The molecule has 9 atom stereocenters. The van der Waals surface area contributed by atoms with Crippen molar-refractivity contribution in [2.24, 2.45) is 45.8 Å². The maximum absolute atomic E-state index is 12.3. The molecule has 2 N–H and O–H groups in total. The Kier molecular flexibility index (Phi) is 5.20. The molecule has 0 aromatic heterocycles. The second kappa shape index (κ2) is 7.07. The summed E-state index contributed by atoms with van der Waals surface area (Å²) in [5.41, 5.74) is 0.303. The van der Waals surface area contributed by atoms with Crippen molar-refractivity contribution in [3.05, 3.63) is 0 Å². The summed E-state index contributed by atoms with van der Waals surface area (Å²) < 4.78 is 0. The summed E-state index contributed by atoms with van der Waals surface area (Å²) in [6.45, 7) is 9.38. The Morgan fingerprint density at radius 3 is 2.55 bits per heavy atom. The zero-order valence-electron chi connectivity index (χ0n) is 18.7. The molecule has 0 aliphatic heterocycles. The highest BCUT2D eigenvalue weighted by molar-refractivity contribution is 5.80. The summed E-state index contributed by atoms with van der Waals surface area (Å²) in [7, 11) is 0. The molecular formula is C25H40O4. The van der Waals surface area contributed by atoms with Crippen molar-refractivity contribution >= 4 is 11.8 Å². The van der Waals surface area contributed by atoms with Crippen LogP contribution in [0.2, 0.25) is 0 Å². The minimum Gasteiger partial charge on any atom is -0.481 e. The van der Waals surface area contributed by atoms with Crippen LogP contribution in [0.15, 0.2) is 0 Å². The van der Waals surface area contributed by atoms with E-state index in [-0.39, 0.29) is 28.8 Å². The molecule has 0 spiro atoms. The molecule has 4 fully saturated rings. The van der Waals surface area contributed by atoms with Gasteiger partial charge in [-0.15, -0.1) is 0 Å². The average Bonchev–Trinajstić information content (AvgIpc) is 2.98. The van der Waals surface area contributed by atoms with E-state index in [1.54, 1.807) is 0 Å². The van der Waals surface area contributed by atoms with Crippen LogP contribution in [0.1, 0.15) is 91.9 Å². The molecule has 4 rings (SSSR count). The number of aliphatic carboxylic acids is 1. The molecule has 4 nitrogen and oxygen atoms in total.